The summed E-state index contributed by atoms with van der Waals surface area (Å²) in [6, 6.07) is 5.81. The van der Waals surface area contributed by atoms with Crippen LogP contribution in [0, 0.1) is 12.8 Å². The van der Waals surface area contributed by atoms with E-state index < -0.39 is 5.60 Å². The maximum Gasteiger partial charge on any atom is 0.258 e. The summed E-state index contributed by atoms with van der Waals surface area (Å²) in [5, 5.41) is 3.02. The summed E-state index contributed by atoms with van der Waals surface area (Å²) < 4.78 is 6.47. The SMILES string of the molecule is Cc1ccc2c(c1)C(=O)N(CC(=O)NC(C)C(C)C)CC1(CCN(C)CC1)O2. The van der Waals surface area contributed by atoms with Gasteiger partial charge in [0.25, 0.3) is 5.91 Å². The quantitative estimate of drug-likeness (QED) is 0.862. The Morgan fingerprint density at radius 3 is 2.57 bits per heavy atom. The molecule has 1 unspecified atom stereocenters. The predicted molar refractivity (Wildman–Crippen MR) is 110 cm³/mol. The van der Waals surface area contributed by atoms with Crippen LogP contribution in [0.15, 0.2) is 18.2 Å². The first-order valence-electron chi connectivity index (χ1n) is 10.3. The van der Waals surface area contributed by atoms with Crippen molar-refractivity contribution >= 4 is 11.8 Å². The number of amides is 2. The summed E-state index contributed by atoms with van der Waals surface area (Å²) in [5.41, 5.74) is 1.13. The van der Waals surface area contributed by atoms with Crippen LogP contribution in [0.25, 0.3) is 0 Å². The fourth-order valence-corrected chi connectivity index (χ4v) is 3.81. The topological polar surface area (TPSA) is 61.9 Å². The molecule has 2 aliphatic heterocycles. The molecule has 2 heterocycles. The van der Waals surface area contributed by atoms with Gasteiger partial charge in [-0.1, -0.05) is 25.5 Å². The van der Waals surface area contributed by atoms with Gasteiger partial charge in [-0.25, -0.2) is 0 Å². The molecule has 6 heteroatoms. The van der Waals surface area contributed by atoms with Crippen LogP contribution in [0.2, 0.25) is 0 Å². The molecule has 1 saturated heterocycles. The molecule has 0 bridgehead atoms. The number of carbonyl (C=O) groups is 2. The van der Waals surface area contributed by atoms with Crippen LogP contribution in [0.5, 0.6) is 5.75 Å². The summed E-state index contributed by atoms with van der Waals surface area (Å²) in [4.78, 5) is 29.9. The maximum absolute atomic E-state index is 13.3. The third-order valence-electron chi connectivity index (χ3n) is 6.08. The van der Waals surface area contributed by atoms with Crippen LogP contribution in [-0.4, -0.2) is 66.5 Å². The van der Waals surface area contributed by atoms with Gasteiger partial charge in [0, 0.05) is 32.0 Å². The molecule has 154 valence electrons. The van der Waals surface area contributed by atoms with Crippen molar-refractivity contribution in [2.45, 2.75) is 52.2 Å². The van der Waals surface area contributed by atoms with Crippen LogP contribution in [0.4, 0.5) is 0 Å². The molecule has 0 saturated carbocycles. The number of piperidine rings is 1. The predicted octanol–water partition coefficient (Wildman–Crippen LogP) is 2.45. The Balaban J connectivity index is 1.87. The zero-order valence-electron chi connectivity index (χ0n) is 17.7. The van der Waals surface area contributed by atoms with Gasteiger partial charge in [0.05, 0.1) is 12.1 Å². The Morgan fingerprint density at radius 2 is 1.93 bits per heavy atom. The van der Waals surface area contributed by atoms with E-state index in [0.29, 0.717) is 23.8 Å². The van der Waals surface area contributed by atoms with Crippen LogP contribution in [0.3, 0.4) is 0 Å². The molecule has 1 aromatic carbocycles. The highest BCUT2D eigenvalue weighted by Crippen LogP contribution is 2.35. The third kappa shape index (κ3) is 4.49. The van der Waals surface area contributed by atoms with Crippen molar-refractivity contribution in [1.82, 2.24) is 15.1 Å². The number of nitrogens with zero attached hydrogens (tertiary/aromatic N) is 2. The molecule has 3 rings (SSSR count). The maximum atomic E-state index is 13.3. The van der Waals surface area contributed by atoms with E-state index in [-0.39, 0.29) is 24.4 Å². The summed E-state index contributed by atoms with van der Waals surface area (Å²) in [6.07, 6.45) is 1.68. The molecular weight excluding hydrogens is 354 g/mol. The van der Waals surface area contributed by atoms with Crippen molar-refractivity contribution in [2.75, 3.05) is 33.2 Å². The van der Waals surface area contributed by atoms with E-state index >= 15 is 0 Å². The average molecular weight is 388 g/mol. The molecule has 1 atom stereocenters. The minimum Gasteiger partial charge on any atom is -0.484 e. The zero-order chi connectivity index (χ0) is 20.5. The van der Waals surface area contributed by atoms with E-state index in [2.05, 4.69) is 31.1 Å². The first-order chi connectivity index (χ1) is 13.2. The fraction of sp³-hybridized carbons (Fsp3) is 0.636. The molecule has 0 radical (unpaired) electrons. The number of rotatable bonds is 4. The van der Waals surface area contributed by atoms with Gasteiger partial charge in [-0.15, -0.1) is 0 Å². The number of fused-ring (bicyclic) bond motifs is 1. The molecule has 28 heavy (non-hydrogen) atoms. The first-order valence-corrected chi connectivity index (χ1v) is 10.3. The number of benzene rings is 1. The van der Waals surface area contributed by atoms with Gasteiger partial charge in [-0.2, -0.15) is 0 Å². The Kier molecular flexibility index (Phi) is 5.98. The Hall–Kier alpha value is -2.08. The molecule has 1 fully saturated rings. The standard InChI is InChI=1S/C22H33N3O3/c1-15(2)17(4)23-20(26)13-25-14-22(8-10-24(5)11-9-22)28-19-7-6-16(3)12-18(19)21(25)27/h6-7,12,15,17H,8-11,13-14H2,1-5H3,(H,23,26). The largest absolute Gasteiger partial charge is 0.484 e. The van der Waals surface area contributed by atoms with E-state index in [4.69, 9.17) is 4.74 Å². The minimum atomic E-state index is -0.438. The molecule has 0 aromatic heterocycles. The smallest absolute Gasteiger partial charge is 0.258 e. The molecular formula is C22H33N3O3. The van der Waals surface area contributed by atoms with Crippen molar-refractivity contribution < 1.29 is 14.3 Å². The summed E-state index contributed by atoms with van der Waals surface area (Å²) in [6.45, 7) is 10.4. The van der Waals surface area contributed by atoms with Crippen molar-refractivity contribution in [2.24, 2.45) is 5.92 Å². The normalized spacial score (nSPS) is 20.5. The van der Waals surface area contributed by atoms with E-state index in [0.717, 1.165) is 31.5 Å². The highest BCUT2D eigenvalue weighted by molar-refractivity contribution is 5.99. The Bertz CT molecular complexity index is 739. The molecule has 1 N–H and O–H groups in total. The zero-order valence-corrected chi connectivity index (χ0v) is 17.7. The number of ether oxygens (including phenoxy) is 1. The summed E-state index contributed by atoms with van der Waals surface area (Å²) in [5.74, 6) is 0.741. The number of aryl methyl sites for hydroxylation is 1. The van der Waals surface area contributed by atoms with Crippen molar-refractivity contribution in [3.8, 4) is 5.75 Å². The second-order valence-electron chi connectivity index (χ2n) is 8.85. The second-order valence-corrected chi connectivity index (χ2v) is 8.85. The van der Waals surface area contributed by atoms with Gasteiger partial charge in [0.1, 0.15) is 17.9 Å². The molecule has 0 aliphatic carbocycles. The molecule has 2 aliphatic rings. The average Bonchev–Trinajstić information content (AvgIpc) is 2.74. The van der Waals surface area contributed by atoms with Crippen molar-refractivity contribution in [3.63, 3.8) is 0 Å². The molecule has 1 aromatic rings. The van der Waals surface area contributed by atoms with Gasteiger partial charge < -0.3 is 19.9 Å². The van der Waals surface area contributed by atoms with Crippen LogP contribution in [-0.2, 0) is 4.79 Å². The van der Waals surface area contributed by atoms with Gasteiger partial charge in [0.15, 0.2) is 0 Å². The number of hydrogen-bond acceptors (Lipinski definition) is 4. The number of carbonyl (C=O) groups excluding carboxylic acids is 2. The van der Waals surface area contributed by atoms with Gasteiger partial charge in [0.2, 0.25) is 5.91 Å². The van der Waals surface area contributed by atoms with Crippen molar-refractivity contribution in [3.05, 3.63) is 29.3 Å². The number of nitrogens with one attached hydrogen (secondary N) is 1. The lowest BCUT2D eigenvalue weighted by Crippen LogP contribution is -2.55. The third-order valence-corrected chi connectivity index (χ3v) is 6.08. The van der Waals surface area contributed by atoms with Gasteiger partial charge in [-0.3, -0.25) is 9.59 Å². The lowest BCUT2D eigenvalue weighted by atomic mass is 9.90. The highest BCUT2D eigenvalue weighted by atomic mass is 16.5. The molecule has 1 spiro atoms. The van der Waals surface area contributed by atoms with Gasteiger partial charge >= 0.3 is 0 Å². The Morgan fingerprint density at radius 1 is 1.25 bits per heavy atom. The molecule has 6 nitrogen and oxygen atoms in total. The minimum absolute atomic E-state index is 0.0597. The van der Waals surface area contributed by atoms with E-state index in [9.17, 15) is 9.59 Å². The molecule has 2 amide bonds. The Labute approximate surface area is 168 Å². The van der Waals surface area contributed by atoms with Crippen LogP contribution < -0.4 is 10.1 Å². The number of hydrogen-bond donors (Lipinski definition) is 1. The second kappa shape index (κ2) is 8.11. The van der Waals surface area contributed by atoms with Crippen LogP contribution >= 0.6 is 0 Å². The van der Waals surface area contributed by atoms with E-state index in [1.807, 2.05) is 32.0 Å². The lowest BCUT2D eigenvalue weighted by Gasteiger charge is -2.41. The number of likely N-dealkylation sites (tertiary alicyclic amines) is 1. The lowest BCUT2D eigenvalue weighted by molar-refractivity contribution is -0.123. The van der Waals surface area contributed by atoms with E-state index in [1.165, 1.54) is 0 Å². The van der Waals surface area contributed by atoms with Crippen molar-refractivity contribution in [1.29, 1.82) is 0 Å². The van der Waals surface area contributed by atoms with Gasteiger partial charge in [-0.05, 0) is 38.9 Å². The van der Waals surface area contributed by atoms with E-state index in [1.54, 1.807) is 4.90 Å². The summed E-state index contributed by atoms with van der Waals surface area (Å²) >= 11 is 0. The fourth-order valence-electron chi connectivity index (χ4n) is 3.81. The first kappa shape index (κ1) is 20.6. The monoisotopic (exact) mass is 387 g/mol. The summed E-state index contributed by atoms with van der Waals surface area (Å²) in [7, 11) is 2.10. The highest BCUT2D eigenvalue weighted by Gasteiger charge is 2.43. The van der Waals surface area contributed by atoms with Crippen LogP contribution in [0.1, 0.15) is 49.5 Å².